The molecular formula is C6H6F2NNaO2S. The molecule has 1 aromatic carbocycles. The molecule has 0 aromatic heterocycles. The first-order chi connectivity index (χ1) is 5.41. The number of rotatable bonds is 1. The summed E-state index contributed by atoms with van der Waals surface area (Å²) < 4.78 is 45.9. The average Bonchev–Trinajstić information content (AvgIpc) is 1.92. The Hall–Kier alpha value is -0.0100. The van der Waals surface area contributed by atoms with Crippen LogP contribution in [0.1, 0.15) is 1.43 Å². The molecule has 0 atom stereocenters. The molecule has 0 amide bonds. The minimum absolute atomic E-state index is 0. The van der Waals surface area contributed by atoms with Crippen molar-refractivity contribution in [3.8, 4) is 0 Å². The third-order valence-corrected chi connectivity index (χ3v) is 2.13. The van der Waals surface area contributed by atoms with Crippen molar-refractivity contribution in [2.75, 3.05) is 0 Å². The molecule has 0 radical (unpaired) electrons. The van der Waals surface area contributed by atoms with Crippen molar-refractivity contribution in [2.24, 2.45) is 5.14 Å². The third-order valence-electron chi connectivity index (χ3n) is 1.22. The molecule has 68 valence electrons. The van der Waals surface area contributed by atoms with Crippen molar-refractivity contribution in [1.82, 2.24) is 0 Å². The zero-order valence-corrected chi connectivity index (χ0v) is 9.61. The summed E-state index contributed by atoms with van der Waals surface area (Å²) in [6, 6.07) is 2.13. The molecule has 1 rings (SSSR count). The maximum Gasteiger partial charge on any atom is 1.00 e. The summed E-state index contributed by atoms with van der Waals surface area (Å²) >= 11 is 0. The Morgan fingerprint density at radius 3 is 2.15 bits per heavy atom. The quantitative estimate of drug-likeness (QED) is 0.539. The van der Waals surface area contributed by atoms with Gasteiger partial charge >= 0.3 is 29.6 Å². The predicted molar refractivity (Wildman–Crippen MR) is 38.8 cm³/mol. The molecule has 0 saturated carbocycles. The van der Waals surface area contributed by atoms with Gasteiger partial charge < -0.3 is 1.43 Å². The van der Waals surface area contributed by atoms with E-state index in [1.165, 1.54) is 0 Å². The Balaban J connectivity index is 0. The Labute approximate surface area is 97.8 Å². The van der Waals surface area contributed by atoms with Crippen LogP contribution in [0, 0.1) is 11.6 Å². The number of primary sulfonamides is 1. The fourth-order valence-corrected chi connectivity index (χ4v) is 1.18. The normalized spacial score (nSPS) is 10.7. The molecule has 0 spiro atoms. The van der Waals surface area contributed by atoms with E-state index in [-0.39, 0.29) is 31.0 Å². The Bertz CT molecular complexity index is 412. The molecule has 0 aliphatic carbocycles. The first-order valence-corrected chi connectivity index (χ1v) is 4.44. The van der Waals surface area contributed by atoms with Gasteiger partial charge in [0, 0.05) is 0 Å². The minimum Gasteiger partial charge on any atom is -1.00 e. The van der Waals surface area contributed by atoms with Crippen molar-refractivity contribution >= 4 is 10.0 Å². The summed E-state index contributed by atoms with van der Waals surface area (Å²) in [6.07, 6.45) is 0. The van der Waals surface area contributed by atoms with Crippen LogP contribution in [0.3, 0.4) is 0 Å². The molecular weight excluding hydrogens is 211 g/mol. The molecule has 0 bridgehead atoms. The molecule has 2 N–H and O–H groups in total. The van der Waals surface area contributed by atoms with Crippen LogP contribution in [0.5, 0.6) is 0 Å². The first-order valence-electron chi connectivity index (χ1n) is 2.89. The largest absolute Gasteiger partial charge is 1.00 e. The SMILES string of the molecule is NS(=O)(=O)c1ccc(F)c(F)c1.[H-].[Na+]. The zero-order valence-electron chi connectivity index (χ0n) is 7.79. The van der Waals surface area contributed by atoms with Gasteiger partial charge in [-0.2, -0.15) is 0 Å². The first kappa shape index (κ1) is 13.0. The standard InChI is InChI=1S/C6H5F2NO2S.Na.H/c7-5-2-1-4(3-6(5)8)12(9,10)11;;/h1-3H,(H2,9,10,11);;/q;+1;-1. The van der Waals surface area contributed by atoms with E-state index in [1.807, 2.05) is 0 Å². The second kappa shape index (κ2) is 4.47. The number of nitrogens with two attached hydrogens (primary N) is 1. The summed E-state index contributed by atoms with van der Waals surface area (Å²) in [5, 5.41) is 4.66. The fraction of sp³-hybridized carbons (Fsp3) is 0. The van der Waals surface area contributed by atoms with Crippen molar-refractivity contribution in [1.29, 1.82) is 0 Å². The molecule has 3 nitrogen and oxygen atoms in total. The number of halogens is 2. The van der Waals surface area contributed by atoms with Crippen molar-refractivity contribution in [3.05, 3.63) is 29.8 Å². The van der Waals surface area contributed by atoms with E-state index in [1.54, 1.807) is 0 Å². The molecule has 1 aromatic rings. The smallest absolute Gasteiger partial charge is 1.00 e. The van der Waals surface area contributed by atoms with E-state index in [2.05, 4.69) is 5.14 Å². The topological polar surface area (TPSA) is 60.2 Å². The molecule has 7 heteroatoms. The van der Waals surface area contributed by atoms with Gasteiger partial charge in [0.25, 0.3) is 0 Å². The Kier molecular flexibility index (Phi) is 4.47. The van der Waals surface area contributed by atoms with E-state index in [0.29, 0.717) is 12.1 Å². The molecule has 0 heterocycles. The summed E-state index contributed by atoms with van der Waals surface area (Å²) in [6.45, 7) is 0. The van der Waals surface area contributed by atoms with Crippen LogP contribution in [-0.4, -0.2) is 8.42 Å². The molecule has 0 saturated heterocycles. The van der Waals surface area contributed by atoms with Crippen LogP contribution in [0.15, 0.2) is 23.1 Å². The van der Waals surface area contributed by atoms with Crippen LogP contribution in [0.2, 0.25) is 0 Å². The summed E-state index contributed by atoms with van der Waals surface area (Å²) in [4.78, 5) is -0.443. The van der Waals surface area contributed by atoms with Crippen LogP contribution in [0.4, 0.5) is 8.78 Å². The monoisotopic (exact) mass is 217 g/mol. The van der Waals surface area contributed by atoms with Gasteiger partial charge in [-0.05, 0) is 18.2 Å². The van der Waals surface area contributed by atoms with Gasteiger partial charge in [-0.15, -0.1) is 0 Å². The minimum atomic E-state index is -3.95. The number of benzene rings is 1. The second-order valence-corrected chi connectivity index (χ2v) is 3.68. The van der Waals surface area contributed by atoms with E-state index in [0.717, 1.165) is 6.07 Å². The number of hydrogen-bond donors (Lipinski definition) is 1. The summed E-state index contributed by atoms with van der Waals surface area (Å²) in [5.74, 6) is -2.34. The average molecular weight is 217 g/mol. The van der Waals surface area contributed by atoms with Gasteiger partial charge in [-0.3, -0.25) is 0 Å². The fourth-order valence-electron chi connectivity index (χ4n) is 0.654. The molecule has 0 aliphatic heterocycles. The maximum atomic E-state index is 12.4. The molecule has 0 aliphatic rings. The second-order valence-electron chi connectivity index (χ2n) is 2.12. The molecule has 13 heavy (non-hydrogen) atoms. The van der Waals surface area contributed by atoms with Crippen LogP contribution < -0.4 is 34.7 Å². The van der Waals surface area contributed by atoms with Crippen molar-refractivity contribution in [3.63, 3.8) is 0 Å². The van der Waals surface area contributed by atoms with E-state index < -0.39 is 26.6 Å². The molecule has 0 unspecified atom stereocenters. The van der Waals surface area contributed by atoms with Crippen LogP contribution >= 0.6 is 0 Å². The number of sulfonamides is 1. The van der Waals surface area contributed by atoms with E-state index >= 15 is 0 Å². The van der Waals surface area contributed by atoms with Gasteiger partial charge in [-0.1, -0.05) is 0 Å². The Morgan fingerprint density at radius 1 is 1.23 bits per heavy atom. The van der Waals surface area contributed by atoms with Crippen molar-refractivity contribution in [2.45, 2.75) is 4.90 Å². The summed E-state index contributed by atoms with van der Waals surface area (Å²) in [7, 11) is -3.95. The van der Waals surface area contributed by atoms with Crippen LogP contribution in [0.25, 0.3) is 0 Å². The van der Waals surface area contributed by atoms with E-state index in [4.69, 9.17) is 0 Å². The van der Waals surface area contributed by atoms with Crippen molar-refractivity contribution < 1.29 is 48.2 Å². The van der Waals surface area contributed by atoms with Gasteiger partial charge in [0.2, 0.25) is 10.0 Å². The number of hydrogen-bond acceptors (Lipinski definition) is 2. The van der Waals surface area contributed by atoms with E-state index in [9.17, 15) is 17.2 Å². The summed E-state index contributed by atoms with van der Waals surface area (Å²) in [5.41, 5.74) is 0. The van der Waals surface area contributed by atoms with Gasteiger partial charge in [0.05, 0.1) is 4.90 Å². The molecule has 0 fully saturated rings. The van der Waals surface area contributed by atoms with Gasteiger partial charge in [0.1, 0.15) is 0 Å². The maximum absolute atomic E-state index is 12.4. The van der Waals surface area contributed by atoms with Gasteiger partial charge in [0.15, 0.2) is 11.6 Å². The third kappa shape index (κ3) is 3.32. The zero-order chi connectivity index (χ0) is 9.35. The van der Waals surface area contributed by atoms with Crippen LogP contribution in [-0.2, 0) is 10.0 Å². The van der Waals surface area contributed by atoms with Gasteiger partial charge in [-0.25, -0.2) is 22.3 Å². The Morgan fingerprint density at radius 2 is 1.77 bits per heavy atom. The predicted octanol–water partition coefficient (Wildman–Crippen LogP) is -2.27.